The highest BCUT2D eigenvalue weighted by Crippen LogP contribution is 2.16. The van der Waals surface area contributed by atoms with E-state index in [1.165, 1.54) is 0 Å². The first-order valence-corrected chi connectivity index (χ1v) is 5.19. The summed E-state index contributed by atoms with van der Waals surface area (Å²) >= 11 is 0. The average molecular weight is 198 g/mol. The van der Waals surface area contributed by atoms with E-state index in [0.29, 0.717) is 13.0 Å². The Labute approximate surface area is 84.7 Å². The summed E-state index contributed by atoms with van der Waals surface area (Å²) in [7, 11) is 1.66. The van der Waals surface area contributed by atoms with Crippen LogP contribution in [0, 0.1) is 0 Å². The molecular formula is C10H18N2O2. The van der Waals surface area contributed by atoms with Crippen molar-refractivity contribution in [3.63, 3.8) is 0 Å². The van der Waals surface area contributed by atoms with Crippen molar-refractivity contribution in [2.24, 2.45) is 0 Å². The Morgan fingerprint density at radius 3 is 3.00 bits per heavy atom. The Morgan fingerprint density at radius 1 is 1.57 bits per heavy atom. The van der Waals surface area contributed by atoms with Crippen molar-refractivity contribution in [2.75, 3.05) is 20.1 Å². The van der Waals surface area contributed by atoms with Crippen LogP contribution in [-0.2, 0) is 9.59 Å². The SMILES string of the molecule is CNC(=O)C1CCCCN1CCC=O. The zero-order chi connectivity index (χ0) is 10.4. The summed E-state index contributed by atoms with van der Waals surface area (Å²) in [6.07, 6.45) is 4.59. The van der Waals surface area contributed by atoms with Gasteiger partial charge in [-0.15, -0.1) is 0 Å². The number of hydrogen-bond acceptors (Lipinski definition) is 3. The Kier molecular flexibility index (Phi) is 4.59. The van der Waals surface area contributed by atoms with E-state index in [0.717, 1.165) is 32.1 Å². The van der Waals surface area contributed by atoms with Crippen LogP contribution in [0.15, 0.2) is 0 Å². The Balaban J connectivity index is 2.49. The van der Waals surface area contributed by atoms with Crippen molar-refractivity contribution in [1.29, 1.82) is 0 Å². The highest BCUT2D eigenvalue weighted by molar-refractivity contribution is 5.81. The third-order valence-corrected chi connectivity index (χ3v) is 2.70. The van der Waals surface area contributed by atoms with Crippen molar-refractivity contribution in [2.45, 2.75) is 31.7 Å². The van der Waals surface area contributed by atoms with Crippen molar-refractivity contribution in [1.82, 2.24) is 10.2 Å². The standard InChI is InChI=1S/C10H18N2O2/c1-11-10(14)9-5-2-3-6-12(9)7-4-8-13/h8-9H,2-7H2,1H3,(H,11,14). The monoisotopic (exact) mass is 198 g/mol. The number of nitrogens with one attached hydrogen (secondary N) is 1. The molecule has 0 radical (unpaired) electrons. The fourth-order valence-electron chi connectivity index (χ4n) is 1.94. The summed E-state index contributed by atoms with van der Waals surface area (Å²) in [4.78, 5) is 23.9. The highest BCUT2D eigenvalue weighted by Gasteiger charge is 2.27. The molecule has 0 aromatic carbocycles. The molecule has 0 spiro atoms. The first-order chi connectivity index (χ1) is 6.79. The summed E-state index contributed by atoms with van der Waals surface area (Å²) in [5, 5.41) is 2.67. The van der Waals surface area contributed by atoms with Crippen LogP contribution in [0.5, 0.6) is 0 Å². The molecule has 0 aromatic heterocycles. The molecule has 0 saturated carbocycles. The van der Waals surface area contributed by atoms with E-state index in [1.54, 1.807) is 7.05 Å². The molecule has 1 heterocycles. The van der Waals surface area contributed by atoms with E-state index in [1.807, 2.05) is 0 Å². The topological polar surface area (TPSA) is 49.4 Å². The van der Waals surface area contributed by atoms with Crippen LogP contribution in [0.4, 0.5) is 0 Å². The Morgan fingerprint density at radius 2 is 2.36 bits per heavy atom. The minimum absolute atomic E-state index is 0.0197. The van der Waals surface area contributed by atoms with Crippen LogP contribution in [0.25, 0.3) is 0 Å². The van der Waals surface area contributed by atoms with Crippen molar-refractivity contribution < 1.29 is 9.59 Å². The predicted octanol–water partition coefficient (Wildman–Crippen LogP) is 0.176. The molecule has 80 valence electrons. The van der Waals surface area contributed by atoms with Gasteiger partial charge in [0.05, 0.1) is 6.04 Å². The minimum Gasteiger partial charge on any atom is -0.358 e. The number of hydrogen-bond donors (Lipinski definition) is 1. The summed E-state index contributed by atoms with van der Waals surface area (Å²) in [5.41, 5.74) is 0. The van der Waals surface area contributed by atoms with E-state index in [9.17, 15) is 9.59 Å². The van der Waals surface area contributed by atoms with Gasteiger partial charge in [-0.3, -0.25) is 9.69 Å². The molecular weight excluding hydrogens is 180 g/mol. The van der Waals surface area contributed by atoms with Crippen LogP contribution < -0.4 is 5.32 Å². The lowest BCUT2D eigenvalue weighted by Crippen LogP contribution is -2.48. The second kappa shape index (κ2) is 5.75. The second-order valence-corrected chi connectivity index (χ2v) is 3.62. The lowest BCUT2D eigenvalue weighted by atomic mass is 10.0. The van der Waals surface area contributed by atoms with E-state index in [2.05, 4.69) is 10.2 Å². The molecule has 4 nitrogen and oxygen atoms in total. The predicted molar refractivity (Wildman–Crippen MR) is 54.0 cm³/mol. The number of nitrogens with zero attached hydrogens (tertiary/aromatic N) is 1. The first kappa shape index (κ1) is 11.2. The van der Waals surface area contributed by atoms with Crippen molar-refractivity contribution in [3.05, 3.63) is 0 Å². The smallest absolute Gasteiger partial charge is 0.237 e. The van der Waals surface area contributed by atoms with Gasteiger partial charge in [0.2, 0.25) is 5.91 Å². The molecule has 1 rings (SSSR count). The van der Waals surface area contributed by atoms with Gasteiger partial charge >= 0.3 is 0 Å². The van der Waals surface area contributed by atoms with Crippen LogP contribution in [-0.4, -0.2) is 43.3 Å². The summed E-state index contributed by atoms with van der Waals surface area (Å²) in [6.45, 7) is 1.65. The molecule has 1 aliphatic rings. The quantitative estimate of drug-likeness (QED) is 0.655. The van der Waals surface area contributed by atoms with E-state index in [-0.39, 0.29) is 11.9 Å². The maximum Gasteiger partial charge on any atom is 0.237 e. The summed E-state index contributed by atoms with van der Waals surface area (Å²) in [5.74, 6) is 0.0793. The van der Waals surface area contributed by atoms with Crippen LogP contribution in [0.3, 0.4) is 0 Å². The van der Waals surface area contributed by atoms with Gasteiger partial charge in [0, 0.05) is 20.0 Å². The molecule has 1 saturated heterocycles. The zero-order valence-electron chi connectivity index (χ0n) is 8.66. The van der Waals surface area contributed by atoms with Gasteiger partial charge in [0.25, 0.3) is 0 Å². The van der Waals surface area contributed by atoms with E-state index < -0.39 is 0 Å². The summed E-state index contributed by atoms with van der Waals surface area (Å²) < 4.78 is 0. The lowest BCUT2D eigenvalue weighted by molar-refractivity contribution is -0.127. The van der Waals surface area contributed by atoms with Crippen LogP contribution >= 0.6 is 0 Å². The van der Waals surface area contributed by atoms with Gasteiger partial charge in [-0.2, -0.15) is 0 Å². The molecule has 1 atom stereocenters. The number of carbonyl (C=O) groups excluding carboxylic acids is 2. The molecule has 1 aliphatic heterocycles. The third-order valence-electron chi connectivity index (χ3n) is 2.70. The number of rotatable bonds is 4. The van der Waals surface area contributed by atoms with Crippen LogP contribution in [0.2, 0.25) is 0 Å². The molecule has 0 aliphatic carbocycles. The molecule has 4 heteroatoms. The number of piperidine rings is 1. The van der Waals surface area contributed by atoms with Gasteiger partial charge in [-0.25, -0.2) is 0 Å². The summed E-state index contributed by atoms with van der Waals surface area (Å²) in [6, 6.07) is -0.0197. The first-order valence-electron chi connectivity index (χ1n) is 5.19. The molecule has 1 amide bonds. The number of carbonyl (C=O) groups is 2. The number of aldehydes is 1. The molecule has 14 heavy (non-hydrogen) atoms. The van der Waals surface area contributed by atoms with Crippen LogP contribution in [0.1, 0.15) is 25.7 Å². The van der Waals surface area contributed by atoms with Gasteiger partial charge in [0.15, 0.2) is 0 Å². The molecule has 0 bridgehead atoms. The molecule has 0 aromatic rings. The van der Waals surface area contributed by atoms with Gasteiger partial charge in [0.1, 0.15) is 6.29 Å². The number of likely N-dealkylation sites (tertiary alicyclic amines) is 1. The second-order valence-electron chi connectivity index (χ2n) is 3.62. The van der Waals surface area contributed by atoms with Gasteiger partial charge in [-0.1, -0.05) is 6.42 Å². The van der Waals surface area contributed by atoms with Crippen molar-refractivity contribution in [3.8, 4) is 0 Å². The largest absolute Gasteiger partial charge is 0.358 e. The lowest BCUT2D eigenvalue weighted by Gasteiger charge is -2.33. The fraction of sp³-hybridized carbons (Fsp3) is 0.800. The van der Waals surface area contributed by atoms with E-state index in [4.69, 9.17) is 0 Å². The van der Waals surface area contributed by atoms with Crippen molar-refractivity contribution >= 4 is 12.2 Å². The molecule has 1 unspecified atom stereocenters. The maximum absolute atomic E-state index is 11.5. The molecule has 1 N–H and O–H groups in total. The highest BCUT2D eigenvalue weighted by atomic mass is 16.2. The Hall–Kier alpha value is -0.900. The van der Waals surface area contributed by atoms with Gasteiger partial charge in [-0.05, 0) is 19.4 Å². The average Bonchev–Trinajstić information content (AvgIpc) is 2.25. The number of amides is 1. The minimum atomic E-state index is -0.0197. The maximum atomic E-state index is 11.5. The zero-order valence-corrected chi connectivity index (χ0v) is 8.66. The third kappa shape index (κ3) is 2.80. The number of likely N-dealkylation sites (N-methyl/N-ethyl adjacent to an activating group) is 1. The fourth-order valence-corrected chi connectivity index (χ4v) is 1.94. The molecule has 1 fully saturated rings. The van der Waals surface area contributed by atoms with Gasteiger partial charge < -0.3 is 10.1 Å². The normalized spacial score (nSPS) is 23.1. The Bertz CT molecular complexity index is 206. The van der Waals surface area contributed by atoms with E-state index >= 15 is 0 Å².